The summed E-state index contributed by atoms with van der Waals surface area (Å²) in [6.07, 6.45) is 0. The number of aryl methyl sites for hydroxylation is 2. The summed E-state index contributed by atoms with van der Waals surface area (Å²) in [6, 6.07) is 8.33. The first-order valence-corrected chi connectivity index (χ1v) is 12.0. The van der Waals surface area contributed by atoms with Gasteiger partial charge in [-0.05, 0) is 60.7 Å². The van der Waals surface area contributed by atoms with E-state index in [9.17, 15) is 13.0 Å². The van der Waals surface area contributed by atoms with Crippen LogP contribution < -0.4 is 9.47 Å². The van der Waals surface area contributed by atoms with Gasteiger partial charge in [-0.25, -0.2) is 8.42 Å². The van der Waals surface area contributed by atoms with Gasteiger partial charge in [0.1, 0.15) is 5.75 Å². The Morgan fingerprint density at radius 2 is 1.61 bits per heavy atom. The molecule has 0 aliphatic rings. The number of benzene rings is 2. The molecule has 0 spiro atoms. The first kappa shape index (κ1) is 22.4. The van der Waals surface area contributed by atoms with Crippen molar-refractivity contribution in [1.29, 1.82) is 0 Å². The number of methoxy groups -OCH3 is 1. The van der Waals surface area contributed by atoms with Crippen molar-refractivity contribution in [3.8, 4) is 17.2 Å². The Labute approximate surface area is 165 Å². The molecule has 0 aliphatic heterocycles. The molecule has 2 N–H and O–H groups in total. The highest BCUT2D eigenvalue weighted by atomic mass is 32.2. The van der Waals surface area contributed by atoms with Crippen molar-refractivity contribution in [2.75, 3.05) is 12.6 Å². The number of hydrogen-bond acceptors (Lipinski definition) is 5. The summed E-state index contributed by atoms with van der Waals surface area (Å²) < 4.78 is 47.1. The normalized spacial score (nSPS) is 12.3. The predicted molar refractivity (Wildman–Crippen MR) is 107 cm³/mol. The van der Waals surface area contributed by atoms with Crippen LogP contribution in [0.3, 0.4) is 0 Å². The van der Waals surface area contributed by atoms with Crippen molar-refractivity contribution in [3.05, 3.63) is 47.0 Å². The van der Waals surface area contributed by atoms with Crippen LogP contribution in [0.15, 0.2) is 35.2 Å². The third-order valence-electron chi connectivity index (χ3n) is 4.20. The van der Waals surface area contributed by atoms with E-state index in [1.165, 1.54) is 12.1 Å². The molecule has 0 amide bonds. The maximum Gasteiger partial charge on any atom is 0.340 e. The van der Waals surface area contributed by atoms with Crippen LogP contribution in [-0.2, 0) is 14.4 Å². The molecule has 154 valence electrons. The molecule has 0 fully saturated rings. The van der Waals surface area contributed by atoms with Crippen LogP contribution in [0.4, 0.5) is 0 Å². The van der Waals surface area contributed by atoms with Crippen molar-refractivity contribution < 1.29 is 32.2 Å². The SMILES string of the molecule is COc1cc(C(C)C)ccc1Oc1c(C)cc(S(=O)(=O)CP(=O)(O)O)cc1C. The minimum absolute atomic E-state index is 0.153. The van der Waals surface area contributed by atoms with Gasteiger partial charge in [-0.15, -0.1) is 0 Å². The maximum absolute atomic E-state index is 12.3. The van der Waals surface area contributed by atoms with Gasteiger partial charge in [-0.3, -0.25) is 4.57 Å². The first-order valence-electron chi connectivity index (χ1n) is 8.58. The Kier molecular flexibility index (Phi) is 6.61. The van der Waals surface area contributed by atoms with Crippen LogP contribution in [0.25, 0.3) is 0 Å². The second-order valence-corrected chi connectivity index (χ2v) is 11.0. The zero-order valence-corrected chi connectivity index (χ0v) is 18.2. The topological polar surface area (TPSA) is 110 Å². The molecule has 7 nitrogen and oxygen atoms in total. The molecule has 2 rings (SSSR count). The van der Waals surface area contributed by atoms with E-state index in [0.29, 0.717) is 34.3 Å². The molecule has 0 aliphatic carbocycles. The Morgan fingerprint density at radius 1 is 1.04 bits per heavy atom. The lowest BCUT2D eigenvalue weighted by atomic mass is 10.0. The van der Waals surface area contributed by atoms with E-state index in [2.05, 4.69) is 13.8 Å². The molecule has 2 aromatic carbocycles. The Bertz CT molecular complexity index is 1000. The van der Waals surface area contributed by atoms with Gasteiger partial charge in [0.15, 0.2) is 26.8 Å². The van der Waals surface area contributed by atoms with Crippen molar-refractivity contribution >= 4 is 17.4 Å². The van der Waals surface area contributed by atoms with Crippen LogP contribution in [0.2, 0.25) is 0 Å². The lowest BCUT2D eigenvalue weighted by molar-refractivity contribution is 0.376. The largest absolute Gasteiger partial charge is 0.493 e. The van der Waals surface area contributed by atoms with Crippen molar-refractivity contribution in [2.45, 2.75) is 38.5 Å². The molecule has 2 aromatic rings. The van der Waals surface area contributed by atoms with Gasteiger partial charge in [-0.1, -0.05) is 19.9 Å². The summed E-state index contributed by atoms with van der Waals surface area (Å²) in [7, 11) is -7.29. The minimum Gasteiger partial charge on any atom is -0.493 e. The summed E-state index contributed by atoms with van der Waals surface area (Å²) in [6.45, 7) is 7.49. The first-order chi connectivity index (χ1) is 12.8. The highest BCUT2D eigenvalue weighted by Gasteiger charge is 2.27. The smallest absolute Gasteiger partial charge is 0.340 e. The zero-order chi connectivity index (χ0) is 21.3. The summed E-state index contributed by atoms with van der Waals surface area (Å²) >= 11 is 0. The molecule has 28 heavy (non-hydrogen) atoms. The van der Waals surface area contributed by atoms with Crippen molar-refractivity contribution in [2.24, 2.45) is 0 Å². The van der Waals surface area contributed by atoms with Gasteiger partial charge in [0.2, 0.25) is 0 Å². The van der Waals surface area contributed by atoms with Crippen LogP contribution in [0.1, 0.15) is 36.5 Å². The van der Waals surface area contributed by atoms with Gasteiger partial charge in [0.05, 0.1) is 12.0 Å². The maximum atomic E-state index is 12.3. The van der Waals surface area contributed by atoms with Gasteiger partial charge in [-0.2, -0.15) is 0 Å². The fourth-order valence-corrected chi connectivity index (χ4v) is 5.86. The lowest BCUT2D eigenvalue weighted by Gasteiger charge is -2.17. The van der Waals surface area contributed by atoms with Crippen LogP contribution in [0, 0.1) is 13.8 Å². The summed E-state index contributed by atoms with van der Waals surface area (Å²) in [4.78, 5) is 17.9. The average Bonchev–Trinajstić information content (AvgIpc) is 2.55. The molecule has 0 bridgehead atoms. The fraction of sp³-hybridized carbons (Fsp3) is 0.368. The zero-order valence-electron chi connectivity index (χ0n) is 16.5. The van der Waals surface area contributed by atoms with E-state index in [-0.39, 0.29) is 4.90 Å². The predicted octanol–water partition coefficient (Wildman–Crippen LogP) is 4.14. The molecule has 0 unspecified atom stereocenters. The molecule has 0 saturated heterocycles. The standard InChI is InChI=1S/C19H25O7PS/c1-12(2)15-6-7-17(18(10-15)25-5)26-19-13(3)8-16(9-14(19)4)28(23,24)11-27(20,21)22/h6-10,12H,11H2,1-5H3,(H2,20,21,22). The van der Waals surface area contributed by atoms with E-state index < -0.39 is 22.9 Å². The Morgan fingerprint density at radius 3 is 2.07 bits per heavy atom. The van der Waals surface area contributed by atoms with Gasteiger partial charge in [0, 0.05) is 0 Å². The monoisotopic (exact) mass is 428 g/mol. The molecule has 0 saturated carbocycles. The second kappa shape index (κ2) is 8.25. The molecule has 0 radical (unpaired) electrons. The highest BCUT2D eigenvalue weighted by Crippen LogP contribution is 2.41. The summed E-state index contributed by atoms with van der Waals surface area (Å²) in [5.41, 5.74) is 0.916. The number of sulfone groups is 1. The summed E-state index contributed by atoms with van der Waals surface area (Å²) in [5, 5.41) is 0. The van der Waals surface area contributed by atoms with E-state index >= 15 is 0 Å². The van der Waals surface area contributed by atoms with Crippen molar-refractivity contribution in [3.63, 3.8) is 0 Å². The van der Waals surface area contributed by atoms with Crippen molar-refractivity contribution in [1.82, 2.24) is 0 Å². The van der Waals surface area contributed by atoms with E-state index in [1.807, 2.05) is 12.1 Å². The quantitative estimate of drug-likeness (QED) is 0.638. The lowest BCUT2D eigenvalue weighted by Crippen LogP contribution is -2.08. The summed E-state index contributed by atoms with van der Waals surface area (Å²) in [5.74, 6) is 1.84. The minimum atomic E-state index is -4.71. The second-order valence-electron chi connectivity index (χ2n) is 6.96. The van der Waals surface area contributed by atoms with Crippen LogP contribution in [-0.4, -0.2) is 30.8 Å². The van der Waals surface area contributed by atoms with Gasteiger partial charge < -0.3 is 19.3 Å². The molecular weight excluding hydrogens is 403 g/mol. The van der Waals surface area contributed by atoms with E-state index in [4.69, 9.17) is 19.3 Å². The van der Waals surface area contributed by atoms with E-state index in [1.54, 1.807) is 27.0 Å². The van der Waals surface area contributed by atoms with Gasteiger partial charge >= 0.3 is 7.60 Å². The Hall–Kier alpha value is -1.86. The third kappa shape index (κ3) is 5.35. The number of rotatable bonds is 7. The average molecular weight is 428 g/mol. The highest BCUT2D eigenvalue weighted by molar-refractivity contribution is 7.97. The van der Waals surface area contributed by atoms with Crippen LogP contribution in [0.5, 0.6) is 17.2 Å². The fourth-order valence-electron chi connectivity index (χ4n) is 2.78. The number of hydrogen-bond donors (Lipinski definition) is 2. The number of ether oxygens (including phenoxy) is 2. The molecule has 0 heterocycles. The molecule has 0 aromatic heterocycles. The molecular formula is C19H25O7PS. The van der Waals surface area contributed by atoms with Gasteiger partial charge in [0.25, 0.3) is 0 Å². The van der Waals surface area contributed by atoms with E-state index in [0.717, 1.165) is 5.56 Å². The van der Waals surface area contributed by atoms with Crippen LogP contribution >= 0.6 is 7.60 Å². The third-order valence-corrected chi connectivity index (χ3v) is 7.86. The molecule has 9 heteroatoms. The molecule has 0 atom stereocenters. The Balaban J connectivity index is 2.43.